The van der Waals surface area contributed by atoms with E-state index in [1.807, 2.05) is 19.1 Å². The number of nitrogens with zero attached hydrogens (tertiary/aromatic N) is 2. The van der Waals surface area contributed by atoms with Gasteiger partial charge in [-0.1, -0.05) is 23.7 Å². The lowest BCUT2D eigenvalue weighted by molar-refractivity contribution is 0.151. The fourth-order valence-corrected chi connectivity index (χ4v) is 3.72. The van der Waals surface area contributed by atoms with Gasteiger partial charge in [0.15, 0.2) is 0 Å². The van der Waals surface area contributed by atoms with Crippen LogP contribution in [0.5, 0.6) is 0 Å². The number of nitrogens with one attached hydrogen (secondary N) is 2. The van der Waals surface area contributed by atoms with E-state index in [1.54, 1.807) is 6.07 Å². The second-order valence-electron chi connectivity index (χ2n) is 7.68. The molecule has 3 aromatic rings. The van der Waals surface area contributed by atoms with Crippen molar-refractivity contribution < 1.29 is 9.13 Å². The number of benzene rings is 2. The topological polar surface area (TPSA) is 59.1 Å². The zero-order chi connectivity index (χ0) is 21.1. The largest absolute Gasteiger partial charge is 0.381 e. The summed E-state index contributed by atoms with van der Waals surface area (Å²) < 4.78 is 19.1. The number of hydrogen-bond donors (Lipinski definition) is 2. The van der Waals surface area contributed by atoms with Gasteiger partial charge in [-0.3, -0.25) is 0 Å². The van der Waals surface area contributed by atoms with Crippen LogP contribution in [0, 0.1) is 11.7 Å². The molecule has 1 unspecified atom stereocenters. The summed E-state index contributed by atoms with van der Waals surface area (Å²) in [4.78, 5) is 9.51. The molecule has 0 aliphatic heterocycles. The average Bonchev–Trinajstić information content (AvgIpc) is 3.57. The number of ether oxygens (including phenoxy) is 1. The van der Waals surface area contributed by atoms with E-state index >= 15 is 0 Å². The molecule has 7 heteroatoms. The number of fused-ring (bicyclic) bond motifs is 1. The van der Waals surface area contributed by atoms with E-state index in [0.717, 1.165) is 28.7 Å². The van der Waals surface area contributed by atoms with Gasteiger partial charge in [-0.25, -0.2) is 9.37 Å². The first-order chi connectivity index (χ1) is 14.5. The van der Waals surface area contributed by atoms with Crippen LogP contribution in [0.1, 0.15) is 32.3 Å². The normalized spacial score (nSPS) is 14.7. The maximum atomic E-state index is 13.5. The minimum Gasteiger partial charge on any atom is -0.381 e. The smallest absolute Gasteiger partial charge is 0.229 e. The number of hydrogen-bond acceptors (Lipinski definition) is 5. The molecular weight excluding hydrogens is 403 g/mol. The van der Waals surface area contributed by atoms with Crippen LogP contribution in [0.4, 0.5) is 21.8 Å². The summed E-state index contributed by atoms with van der Waals surface area (Å²) in [6.45, 7) is 5.50. The molecule has 2 N–H and O–H groups in total. The molecule has 30 heavy (non-hydrogen) atoms. The first-order valence-corrected chi connectivity index (χ1v) is 10.8. The molecule has 1 fully saturated rings. The Labute approximate surface area is 181 Å². The predicted molar refractivity (Wildman–Crippen MR) is 120 cm³/mol. The monoisotopic (exact) mass is 428 g/mol. The molecular formula is C23H26ClFN4O. The van der Waals surface area contributed by atoms with E-state index in [4.69, 9.17) is 26.3 Å². The first kappa shape index (κ1) is 20.8. The van der Waals surface area contributed by atoms with Crippen LogP contribution in [0.15, 0.2) is 36.4 Å². The Morgan fingerprint density at radius 1 is 1.23 bits per heavy atom. The first-order valence-electron chi connectivity index (χ1n) is 10.4. The molecule has 0 amide bonds. The Balaban J connectivity index is 1.72. The van der Waals surface area contributed by atoms with Crippen LogP contribution >= 0.6 is 11.6 Å². The van der Waals surface area contributed by atoms with Gasteiger partial charge in [-0.2, -0.15) is 4.98 Å². The minimum atomic E-state index is -0.458. The molecule has 0 bridgehead atoms. The Hall–Kier alpha value is -2.44. The number of rotatable bonds is 9. The zero-order valence-corrected chi connectivity index (χ0v) is 18.0. The molecule has 0 saturated heterocycles. The summed E-state index contributed by atoms with van der Waals surface area (Å²) in [5, 5.41) is 7.79. The SMILES string of the molecule is CCOCCc1cccc2c(NC(C)C3CC3)nc(Nc3ccc(F)c(Cl)c3)nc12. The summed E-state index contributed by atoms with van der Waals surface area (Å²) in [6.07, 6.45) is 3.26. The van der Waals surface area contributed by atoms with E-state index < -0.39 is 5.82 Å². The van der Waals surface area contributed by atoms with Crippen molar-refractivity contribution in [2.45, 2.75) is 39.2 Å². The highest BCUT2D eigenvalue weighted by atomic mass is 35.5. The van der Waals surface area contributed by atoms with Crippen molar-refractivity contribution in [1.82, 2.24) is 9.97 Å². The quantitative estimate of drug-likeness (QED) is 0.412. The van der Waals surface area contributed by atoms with Gasteiger partial charge in [0.25, 0.3) is 0 Å². The van der Waals surface area contributed by atoms with Crippen LogP contribution in [0.2, 0.25) is 5.02 Å². The number of aromatic nitrogens is 2. The molecule has 1 aliphatic carbocycles. The van der Waals surface area contributed by atoms with E-state index in [1.165, 1.54) is 25.0 Å². The maximum absolute atomic E-state index is 13.5. The van der Waals surface area contributed by atoms with E-state index in [2.05, 4.69) is 23.6 Å². The molecule has 4 rings (SSSR count). The molecule has 1 aromatic heterocycles. The zero-order valence-electron chi connectivity index (χ0n) is 17.2. The molecule has 5 nitrogen and oxygen atoms in total. The average molecular weight is 429 g/mol. The predicted octanol–water partition coefficient (Wildman–Crippen LogP) is 5.96. The maximum Gasteiger partial charge on any atom is 0.229 e. The highest BCUT2D eigenvalue weighted by molar-refractivity contribution is 6.31. The summed E-state index contributed by atoms with van der Waals surface area (Å²) in [6, 6.07) is 11.0. The summed E-state index contributed by atoms with van der Waals surface area (Å²) in [5.74, 6) is 1.47. The van der Waals surface area contributed by atoms with Gasteiger partial charge >= 0.3 is 0 Å². The lowest BCUT2D eigenvalue weighted by Crippen LogP contribution is -2.19. The molecule has 158 valence electrons. The summed E-state index contributed by atoms with van der Waals surface area (Å²) >= 11 is 5.93. The molecule has 1 heterocycles. The number of para-hydroxylation sites is 1. The van der Waals surface area contributed by atoms with Crippen molar-refractivity contribution in [3.63, 3.8) is 0 Å². The van der Waals surface area contributed by atoms with Gasteiger partial charge in [-0.15, -0.1) is 0 Å². The van der Waals surface area contributed by atoms with Crippen LogP contribution in [-0.4, -0.2) is 29.2 Å². The van der Waals surface area contributed by atoms with Crippen LogP contribution in [0.3, 0.4) is 0 Å². The lowest BCUT2D eigenvalue weighted by atomic mass is 10.1. The highest BCUT2D eigenvalue weighted by Gasteiger charge is 2.28. The third kappa shape index (κ3) is 4.82. The van der Waals surface area contributed by atoms with E-state index in [9.17, 15) is 4.39 Å². The number of anilines is 3. The van der Waals surface area contributed by atoms with Gasteiger partial charge in [0.1, 0.15) is 11.6 Å². The van der Waals surface area contributed by atoms with Crippen LogP contribution < -0.4 is 10.6 Å². The second kappa shape index (κ2) is 9.14. The Kier molecular flexibility index (Phi) is 6.35. The van der Waals surface area contributed by atoms with Crippen molar-refractivity contribution in [2.24, 2.45) is 5.92 Å². The van der Waals surface area contributed by atoms with Crippen LogP contribution in [0.25, 0.3) is 10.9 Å². The molecule has 0 radical (unpaired) electrons. The van der Waals surface area contributed by atoms with Gasteiger partial charge in [0, 0.05) is 23.7 Å². The van der Waals surface area contributed by atoms with Crippen molar-refractivity contribution in [3.8, 4) is 0 Å². The second-order valence-corrected chi connectivity index (χ2v) is 8.09. The molecule has 0 spiro atoms. The summed E-state index contributed by atoms with van der Waals surface area (Å²) in [5.41, 5.74) is 2.62. The van der Waals surface area contributed by atoms with E-state index in [0.29, 0.717) is 36.8 Å². The lowest BCUT2D eigenvalue weighted by Gasteiger charge is -2.18. The van der Waals surface area contributed by atoms with Gasteiger partial charge in [0.2, 0.25) is 5.95 Å². The molecule has 1 saturated carbocycles. The molecule has 1 aliphatic rings. The van der Waals surface area contributed by atoms with E-state index in [-0.39, 0.29) is 5.02 Å². The van der Waals surface area contributed by atoms with Crippen molar-refractivity contribution in [2.75, 3.05) is 23.8 Å². The Bertz CT molecular complexity index is 1040. The summed E-state index contributed by atoms with van der Waals surface area (Å²) in [7, 11) is 0. The van der Waals surface area contributed by atoms with Gasteiger partial charge in [-0.05, 0) is 68.9 Å². The van der Waals surface area contributed by atoms with Gasteiger partial charge in [0.05, 0.1) is 17.1 Å². The van der Waals surface area contributed by atoms with Crippen LogP contribution in [-0.2, 0) is 11.2 Å². The minimum absolute atomic E-state index is 0.0545. The van der Waals surface area contributed by atoms with Gasteiger partial charge < -0.3 is 15.4 Å². The molecule has 1 atom stereocenters. The van der Waals surface area contributed by atoms with Crippen molar-refractivity contribution >= 4 is 40.0 Å². The fraction of sp³-hybridized carbons (Fsp3) is 0.391. The number of halogens is 2. The standard InChI is InChI=1S/C23H26ClFN4O/c1-3-30-12-11-16-5-4-6-18-21(16)28-23(27-17-9-10-20(25)19(24)13-17)29-22(18)26-14(2)15-7-8-15/h4-6,9-10,13-15H,3,7-8,11-12H2,1-2H3,(H2,26,27,28,29). The Morgan fingerprint density at radius 2 is 2.07 bits per heavy atom. The molecule has 2 aromatic carbocycles. The third-order valence-corrected chi connectivity index (χ3v) is 5.69. The van der Waals surface area contributed by atoms with Crippen molar-refractivity contribution in [1.29, 1.82) is 0 Å². The third-order valence-electron chi connectivity index (χ3n) is 5.40. The van der Waals surface area contributed by atoms with Crippen molar-refractivity contribution in [3.05, 3.63) is 52.8 Å². The fourth-order valence-electron chi connectivity index (χ4n) is 3.54. The Morgan fingerprint density at radius 3 is 2.80 bits per heavy atom. The highest BCUT2D eigenvalue weighted by Crippen LogP contribution is 2.35.